The van der Waals surface area contributed by atoms with Crippen molar-refractivity contribution in [2.24, 2.45) is 0 Å². The molecule has 5 rings (SSSR count). The maximum atomic E-state index is 12.4. The highest BCUT2D eigenvalue weighted by Gasteiger charge is 2.23. The lowest BCUT2D eigenvalue weighted by Gasteiger charge is -2.33. The molecule has 2 fully saturated rings. The van der Waals surface area contributed by atoms with Crippen LogP contribution in [0.4, 0.5) is 11.8 Å². The number of aryl methyl sites for hydroxylation is 1. The van der Waals surface area contributed by atoms with Gasteiger partial charge in [-0.05, 0) is 70.3 Å². The lowest BCUT2D eigenvalue weighted by Crippen LogP contribution is -2.46. The first-order chi connectivity index (χ1) is 22.5. The quantitative estimate of drug-likeness (QED) is 0.113. The number of rotatable bonds is 18. The first kappa shape index (κ1) is 33.5. The number of aliphatic carboxylic acids is 1. The molecule has 0 atom stereocenters. The van der Waals surface area contributed by atoms with Crippen molar-refractivity contribution in [2.75, 3.05) is 56.4 Å². The summed E-state index contributed by atoms with van der Waals surface area (Å²) in [6.07, 6.45) is 12.5. The molecular weight excluding hydrogens is 586 g/mol. The average molecular weight is 636 g/mol. The lowest BCUT2D eigenvalue weighted by molar-refractivity contribution is -0.136. The van der Waals surface area contributed by atoms with Crippen LogP contribution in [-0.4, -0.2) is 105 Å². The minimum atomic E-state index is -0.977. The van der Waals surface area contributed by atoms with Gasteiger partial charge in [-0.25, -0.2) is 4.98 Å². The van der Waals surface area contributed by atoms with E-state index >= 15 is 0 Å². The first-order valence-corrected chi connectivity index (χ1v) is 16.8. The van der Waals surface area contributed by atoms with Gasteiger partial charge in [-0.1, -0.05) is 36.6 Å². The number of carboxylic acids is 1. The molecule has 1 saturated heterocycles. The van der Waals surface area contributed by atoms with Crippen LogP contribution < -0.4 is 26.6 Å². The molecule has 0 spiro atoms. The van der Waals surface area contributed by atoms with E-state index in [1.54, 1.807) is 4.90 Å². The molecule has 3 aromatic rings. The molecule has 14 nitrogen and oxygen atoms in total. The Balaban J connectivity index is 1.03. The average Bonchev–Trinajstić information content (AvgIpc) is 3.53. The number of fused-ring (bicyclic) bond motifs is 1. The molecule has 0 radical (unpaired) electrons. The molecule has 2 aromatic heterocycles. The van der Waals surface area contributed by atoms with Gasteiger partial charge in [-0.2, -0.15) is 4.98 Å². The summed E-state index contributed by atoms with van der Waals surface area (Å²) in [5.41, 5.74) is 1.66. The minimum absolute atomic E-state index is 0.0271. The molecule has 250 valence electrons. The van der Waals surface area contributed by atoms with Gasteiger partial charge in [0.2, 0.25) is 11.9 Å². The van der Waals surface area contributed by atoms with Crippen molar-refractivity contribution < 1.29 is 14.7 Å². The molecule has 1 aromatic carbocycles. The Morgan fingerprint density at radius 1 is 0.891 bits per heavy atom. The largest absolute Gasteiger partial charge is 0.480 e. The molecule has 6 N–H and O–H groups in total. The van der Waals surface area contributed by atoms with Gasteiger partial charge >= 0.3 is 5.97 Å². The zero-order valence-corrected chi connectivity index (χ0v) is 26.7. The molecule has 14 heteroatoms. The highest BCUT2D eigenvalue weighted by Crippen LogP contribution is 2.25. The Hall–Kier alpha value is -3.88. The Morgan fingerprint density at radius 3 is 2.52 bits per heavy atom. The standard InChI is InChI=1S/C32H49N11O3/c44-29(21-34-22-30(45)46)42-18-12-25(13-19-42)37-31-27-10-4-5-11-28(27)38-32(39-31)36-20-26-23-43(41-40-26)17-7-15-33-14-6-16-35-24-8-2-1-3-9-24/h4-5,10-11,23-25,33-35H,1-3,6-9,12-22H2,(H,45,46)(H2,36,37,38,39). The summed E-state index contributed by atoms with van der Waals surface area (Å²) in [6, 6.07) is 8.78. The molecule has 3 heterocycles. The van der Waals surface area contributed by atoms with E-state index in [9.17, 15) is 9.59 Å². The fraction of sp³-hybridized carbons (Fsp3) is 0.625. The number of amides is 1. The first-order valence-electron chi connectivity index (χ1n) is 16.8. The Morgan fingerprint density at radius 2 is 1.70 bits per heavy atom. The molecule has 1 saturated carbocycles. The number of hydrogen-bond donors (Lipinski definition) is 6. The van der Waals surface area contributed by atoms with Crippen LogP contribution in [0.1, 0.15) is 63.5 Å². The van der Waals surface area contributed by atoms with Crippen LogP contribution in [0.15, 0.2) is 30.5 Å². The van der Waals surface area contributed by atoms with Crippen LogP contribution in [-0.2, 0) is 22.7 Å². The maximum absolute atomic E-state index is 12.4. The van der Waals surface area contributed by atoms with Gasteiger partial charge in [0.05, 0.1) is 31.3 Å². The van der Waals surface area contributed by atoms with Crippen LogP contribution in [0.3, 0.4) is 0 Å². The summed E-state index contributed by atoms with van der Waals surface area (Å²) in [5.74, 6) is 0.201. The fourth-order valence-corrected chi connectivity index (χ4v) is 6.14. The fourth-order valence-electron chi connectivity index (χ4n) is 6.14. The van der Waals surface area contributed by atoms with E-state index in [4.69, 9.17) is 15.1 Å². The van der Waals surface area contributed by atoms with E-state index in [-0.39, 0.29) is 25.0 Å². The van der Waals surface area contributed by atoms with Crippen molar-refractivity contribution in [1.29, 1.82) is 0 Å². The minimum Gasteiger partial charge on any atom is -0.480 e. The number of anilines is 2. The Kier molecular flexibility index (Phi) is 12.9. The third-order valence-corrected chi connectivity index (χ3v) is 8.67. The summed E-state index contributed by atoms with van der Waals surface area (Å²) in [4.78, 5) is 34.4. The van der Waals surface area contributed by atoms with E-state index in [0.29, 0.717) is 25.6 Å². The third-order valence-electron chi connectivity index (χ3n) is 8.67. The van der Waals surface area contributed by atoms with Crippen molar-refractivity contribution >= 4 is 34.5 Å². The number of carbonyl (C=O) groups excluding carboxylic acids is 1. The van der Waals surface area contributed by atoms with Crippen molar-refractivity contribution in [3.63, 3.8) is 0 Å². The monoisotopic (exact) mass is 635 g/mol. The summed E-state index contributed by atoms with van der Waals surface area (Å²) in [5, 5.41) is 35.1. The highest BCUT2D eigenvalue weighted by molar-refractivity contribution is 5.90. The predicted molar refractivity (Wildman–Crippen MR) is 178 cm³/mol. The number of nitrogens with one attached hydrogen (secondary N) is 5. The van der Waals surface area contributed by atoms with E-state index in [2.05, 4.69) is 36.9 Å². The van der Waals surface area contributed by atoms with Crippen molar-refractivity contribution in [2.45, 2.75) is 83.0 Å². The molecule has 2 aliphatic rings. The van der Waals surface area contributed by atoms with Gasteiger partial charge in [0.25, 0.3) is 0 Å². The van der Waals surface area contributed by atoms with E-state index in [1.165, 1.54) is 32.1 Å². The second-order valence-corrected chi connectivity index (χ2v) is 12.3. The van der Waals surface area contributed by atoms with Gasteiger partial charge in [-0.3, -0.25) is 19.6 Å². The predicted octanol–water partition coefficient (Wildman–Crippen LogP) is 2.20. The van der Waals surface area contributed by atoms with Crippen LogP contribution in [0, 0.1) is 0 Å². The molecule has 0 bridgehead atoms. The third kappa shape index (κ3) is 10.6. The number of benzene rings is 1. The SMILES string of the molecule is O=C(O)CNCC(=O)N1CCC(Nc2nc(NCc3cn(CCCNCCCNC4CCCCC4)nn3)nc3ccccc23)CC1. The van der Waals surface area contributed by atoms with Crippen LogP contribution >= 0.6 is 0 Å². The van der Waals surface area contributed by atoms with Crippen LogP contribution in [0.5, 0.6) is 0 Å². The normalized spacial score (nSPS) is 16.1. The summed E-state index contributed by atoms with van der Waals surface area (Å²) < 4.78 is 1.89. The number of likely N-dealkylation sites (tertiary alicyclic amines) is 1. The van der Waals surface area contributed by atoms with Crippen molar-refractivity contribution in [3.8, 4) is 0 Å². The number of aromatic nitrogens is 5. The topological polar surface area (TPSA) is 174 Å². The van der Waals surface area contributed by atoms with Crippen LogP contribution in [0.2, 0.25) is 0 Å². The van der Waals surface area contributed by atoms with Crippen LogP contribution in [0.25, 0.3) is 10.9 Å². The molecule has 1 aliphatic carbocycles. The summed E-state index contributed by atoms with van der Waals surface area (Å²) >= 11 is 0. The van der Waals surface area contributed by atoms with Crippen molar-refractivity contribution in [1.82, 2.24) is 45.8 Å². The Labute approximate surface area is 270 Å². The van der Waals surface area contributed by atoms with Gasteiger partial charge < -0.3 is 31.3 Å². The summed E-state index contributed by atoms with van der Waals surface area (Å²) in [7, 11) is 0. The second kappa shape index (κ2) is 17.7. The number of carbonyl (C=O) groups is 2. The summed E-state index contributed by atoms with van der Waals surface area (Å²) in [6.45, 7) is 5.35. The lowest BCUT2D eigenvalue weighted by atomic mass is 9.95. The molecule has 46 heavy (non-hydrogen) atoms. The number of hydrogen-bond acceptors (Lipinski definition) is 11. The van der Waals surface area contributed by atoms with Gasteiger partial charge in [0.15, 0.2) is 0 Å². The number of piperidine rings is 1. The smallest absolute Gasteiger partial charge is 0.317 e. The number of nitrogens with zero attached hydrogens (tertiary/aromatic N) is 6. The zero-order chi connectivity index (χ0) is 32.0. The molecular formula is C32H49N11O3. The van der Waals surface area contributed by atoms with E-state index < -0.39 is 5.97 Å². The van der Waals surface area contributed by atoms with Gasteiger partial charge in [0, 0.05) is 37.1 Å². The molecule has 1 amide bonds. The second-order valence-electron chi connectivity index (χ2n) is 12.3. The van der Waals surface area contributed by atoms with Gasteiger partial charge in [-0.15, -0.1) is 5.10 Å². The molecule has 0 unspecified atom stereocenters. The van der Waals surface area contributed by atoms with Crippen molar-refractivity contribution in [3.05, 3.63) is 36.2 Å². The van der Waals surface area contributed by atoms with E-state index in [0.717, 1.165) is 80.3 Å². The number of carboxylic acid groups (broad SMARTS) is 1. The number of para-hydroxylation sites is 1. The maximum Gasteiger partial charge on any atom is 0.317 e. The highest BCUT2D eigenvalue weighted by atomic mass is 16.4. The Bertz CT molecular complexity index is 1390. The zero-order valence-electron chi connectivity index (χ0n) is 26.7. The van der Waals surface area contributed by atoms with E-state index in [1.807, 2.05) is 35.1 Å². The van der Waals surface area contributed by atoms with Gasteiger partial charge in [0.1, 0.15) is 11.5 Å². The molecule has 1 aliphatic heterocycles.